The van der Waals surface area contributed by atoms with Gasteiger partial charge in [-0.2, -0.15) is 0 Å². The molecule has 33 heavy (non-hydrogen) atoms. The predicted molar refractivity (Wildman–Crippen MR) is 129 cm³/mol. The van der Waals surface area contributed by atoms with E-state index >= 15 is 0 Å². The van der Waals surface area contributed by atoms with Crippen molar-refractivity contribution in [2.45, 2.75) is 32.5 Å². The SMILES string of the molecule is CC(C)CN(Cc1cccc(F)c1)Cc1ccc(C(O)(c2ccccc2)c2ccccc2)o1. The molecule has 0 spiro atoms. The zero-order valence-electron chi connectivity index (χ0n) is 19.1. The van der Waals surface area contributed by atoms with Crippen LogP contribution in [0.1, 0.15) is 42.1 Å². The first-order valence-electron chi connectivity index (χ1n) is 11.3. The fourth-order valence-corrected chi connectivity index (χ4v) is 4.28. The summed E-state index contributed by atoms with van der Waals surface area (Å²) in [5.41, 5.74) is 1.02. The van der Waals surface area contributed by atoms with Gasteiger partial charge in [-0.1, -0.05) is 86.6 Å². The minimum absolute atomic E-state index is 0.229. The second kappa shape index (κ2) is 10.2. The molecule has 3 aromatic carbocycles. The Morgan fingerprint density at radius 2 is 1.45 bits per heavy atom. The summed E-state index contributed by atoms with van der Waals surface area (Å²) < 4.78 is 20.0. The van der Waals surface area contributed by atoms with E-state index in [1.54, 1.807) is 12.1 Å². The van der Waals surface area contributed by atoms with Crippen LogP contribution in [0.25, 0.3) is 0 Å². The summed E-state index contributed by atoms with van der Waals surface area (Å²) in [4.78, 5) is 2.24. The predicted octanol–water partition coefficient (Wildman–Crippen LogP) is 6.36. The summed E-state index contributed by atoms with van der Waals surface area (Å²) in [6.45, 7) is 6.35. The van der Waals surface area contributed by atoms with Crippen molar-refractivity contribution in [3.63, 3.8) is 0 Å². The Bertz CT molecular complexity index is 1110. The van der Waals surface area contributed by atoms with E-state index in [1.165, 1.54) is 6.07 Å². The summed E-state index contributed by atoms with van der Waals surface area (Å²) in [5.74, 6) is 1.45. The monoisotopic (exact) mass is 443 g/mol. The van der Waals surface area contributed by atoms with Crippen molar-refractivity contribution in [3.8, 4) is 0 Å². The van der Waals surface area contributed by atoms with Gasteiger partial charge >= 0.3 is 0 Å². The van der Waals surface area contributed by atoms with Gasteiger partial charge in [0, 0.05) is 13.1 Å². The zero-order chi connectivity index (χ0) is 23.3. The molecule has 0 radical (unpaired) electrons. The maximum atomic E-state index is 13.7. The first-order chi connectivity index (χ1) is 15.9. The van der Waals surface area contributed by atoms with Gasteiger partial charge in [-0.25, -0.2) is 4.39 Å². The van der Waals surface area contributed by atoms with Gasteiger partial charge in [0.05, 0.1) is 6.54 Å². The third kappa shape index (κ3) is 5.41. The molecule has 4 heteroatoms. The highest BCUT2D eigenvalue weighted by Gasteiger charge is 2.37. The van der Waals surface area contributed by atoms with Crippen molar-refractivity contribution < 1.29 is 13.9 Å². The Kier molecular flexibility index (Phi) is 7.07. The summed E-state index contributed by atoms with van der Waals surface area (Å²) in [6.07, 6.45) is 0. The molecule has 0 bridgehead atoms. The standard InChI is InChI=1S/C29H30FNO2/c1-22(2)19-31(20-23-10-9-15-26(30)18-23)21-27-16-17-28(33-27)29(32,24-11-5-3-6-12-24)25-13-7-4-8-14-25/h3-18,22,32H,19-21H2,1-2H3. The lowest BCUT2D eigenvalue weighted by Crippen LogP contribution is -2.28. The van der Waals surface area contributed by atoms with Gasteiger partial charge in [0.25, 0.3) is 0 Å². The van der Waals surface area contributed by atoms with Crippen LogP contribution < -0.4 is 0 Å². The number of furan rings is 1. The smallest absolute Gasteiger partial charge is 0.173 e. The zero-order valence-corrected chi connectivity index (χ0v) is 19.1. The average molecular weight is 444 g/mol. The van der Waals surface area contributed by atoms with Gasteiger partial charge in [0.15, 0.2) is 5.60 Å². The summed E-state index contributed by atoms with van der Waals surface area (Å²) in [5, 5.41) is 11.9. The molecule has 0 atom stereocenters. The molecule has 0 aliphatic rings. The van der Waals surface area contributed by atoms with Crippen molar-refractivity contribution in [1.82, 2.24) is 4.90 Å². The third-order valence-electron chi connectivity index (χ3n) is 5.70. The molecular formula is C29H30FNO2. The summed E-state index contributed by atoms with van der Waals surface area (Å²) >= 11 is 0. The fraction of sp³-hybridized carbons (Fsp3) is 0.241. The normalized spacial score (nSPS) is 11.9. The first-order valence-corrected chi connectivity index (χ1v) is 11.3. The highest BCUT2D eigenvalue weighted by molar-refractivity contribution is 5.43. The van der Waals surface area contributed by atoms with Crippen LogP contribution in [0.3, 0.4) is 0 Å². The minimum atomic E-state index is -1.40. The molecule has 0 aliphatic carbocycles. The molecule has 170 valence electrons. The van der Waals surface area contributed by atoms with Crippen LogP contribution in [-0.4, -0.2) is 16.6 Å². The Labute approximate surface area is 195 Å². The van der Waals surface area contributed by atoms with Gasteiger partial charge < -0.3 is 9.52 Å². The fourth-order valence-electron chi connectivity index (χ4n) is 4.28. The van der Waals surface area contributed by atoms with Crippen LogP contribution in [0.2, 0.25) is 0 Å². The van der Waals surface area contributed by atoms with E-state index in [1.807, 2.05) is 78.9 Å². The minimum Gasteiger partial charge on any atom is -0.461 e. The third-order valence-corrected chi connectivity index (χ3v) is 5.70. The van der Waals surface area contributed by atoms with E-state index in [0.717, 1.165) is 29.0 Å². The van der Waals surface area contributed by atoms with E-state index < -0.39 is 5.60 Å². The Balaban J connectivity index is 1.64. The second-order valence-electron chi connectivity index (χ2n) is 8.90. The van der Waals surface area contributed by atoms with Crippen molar-refractivity contribution in [2.24, 2.45) is 5.92 Å². The number of hydrogen-bond donors (Lipinski definition) is 1. The highest BCUT2D eigenvalue weighted by atomic mass is 19.1. The Morgan fingerprint density at radius 3 is 2.03 bits per heavy atom. The van der Waals surface area contributed by atoms with Gasteiger partial charge in [-0.3, -0.25) is 4.90 Å². The summed E-state index contributed by atoms with van der Waals surface area (Å²) in [7, 11) is 0. The lowest BCUT2D eigenvalue weighted by Gasteiger charge is -2.27. The van der Waals surface area contributed by atoms with Gasteiger partial charge in [-0.05, 0) is 46.9 Å². The average Bonchev–Trinajstić information content (AvgIpc) is 3.28. The molecule has 0 amide bonds. The van der Waals surface area contributed by atoms with E-state index in [0.29, 0.717) is 24.8 Å². The van der Waals surface area contributed by atoms with Crippen LogP contribution >= 0.6 is 0 Å². The van der Waals surface area contributed by atoms with Crippen molar-refractivity contribution in [2.75, 3.05) is 6.54 Å². The van der Waals surface area contributed by atoms with Crippen LogP contribution in [-0.2, 0) is 18.7 Å². The lowest BCUT2D eigenvalue weighted by atomic mass is 9.84. The summed E-state index contributed by atoms with van der Waals surface area (Å²) in [6, 6.07) is 29.6. The molecule has 3 nitrogen and oxygen atoms in total. The number of halogens is 1. The molecule has 1 aromatic heterocycles. The second-order valence-corrected chi connectivity index (χ2v) is 8.90. The molecular weight excluding hydrogens is 413 g/mol. The number of nitrogens with zero attached hydrogens (tertiary/aromatic N) is 1. The van der Waals surface area contributed by atoms with Crippen LogP contribution in [0.5, 0.6) is 0 Å². The first kappa shape index (κ1) is 23.0. The molecule has 4 aromatic rings. The molecule has 0 aliphatic heterocycles. The molecule has 4 rings (SSSR count). The quantitative estimate of drug-likeness (QED) is 0.327. The van der Waals surface area contributed by atoms with Gasteiger partial charge in [-0.15, -0.1) is 0 Å². The van der Waals surface area contributed by atoms with E-state index in [9.17, 15) is 9.50 Å². The molecule has 0 saturated carbocycles. The lowest BCUT2D eigenvalue weighted by molar-refractivity contribution is 0.0948. The maximum Gasteiger partial charge on any atom is 0.173 e. The van der Waals surface area contributed by atoms with Crippen LogP contribution in [0.15, 0.2) is 101 Å². The molecule has 1 N–H and O–H groups in total. The molecule has 0 fully saturated rings. The topological polar surface area (TPSA) is 36.6 Å². The molecule has 1 heterocycles. The number of aliphatic hydroxyl groups is 1. The Hall–Kier alpha value is -3.21. The van der Waals surface area contributed by atoms with E-state index in [-0.39, 0.29) is 5.82 Å². The van der Waals surface area contributed by atoms with Gasteiger partial charge in [0.1, 0.15) is 17.3 Å². The molecule has 0 saturated heterocycles. The van der Waals surface area contributed by atoms with Crippen LogP contribution in [0, 0.1) is 11.7 Å². The molecule has 0 unspecified atom stereocenters. The van der Waals surface area contributed by atoms with E-state index in [4.69, 9.17) is 4.42 Å². The van der Waals surface area contributed by atoms with Crippen molar-refractivity contribution >= 4 is 0 Å². The van der Waals surface area contributed by atoms with E-state index in [2.05, 4.69) is 18.7 Å². The van der Waals surface area contributed by atoms with Crippen LogP contribution in [0.4, 0.5) is 4.39 Å². The van der Waals surface area contributed by atoms with Gasteiger partial charge in [0.2, 0.25) is 0 Å². The largest absolute Gasteiger partial charge is 0.461 e. The number of rotatable bonds is 9. The number of benzene rings is 3. The maximum absolute atomic E-state index is 13.7. The Morgan fingerprint density at radius 1 is 0.818 bits per heavy atom. The number of hydrogen-bond acceptors (Lipinski definition) is 3. The highest BCUT2D eigenvalue weighted by Crippen LogP contribution is 2.37. The van der Waals surface area contributed by atoms with Crippen molar-refractivity contribution in [1.29, 1.82) is 0 Å². The van der Waals surface area contributed by atoms with Crippen molar-refractivity contribution in [3.05, 3.63) is 131 Å².